The second-order valence-corrected chi connectivity index (χ2v) is 5.63. The molecule has 0 aliphatic heterocycles. The Morgan fingerprint density at radius 1 is 1.13 bits per heavy atom. The summed E-state index contributed by atoms with van der Waals surface area (Å²) in [4.78, 5) is 11.6. The Morgan fingerprint density at radius 3 is 2.43 bits per heavy atom. The fourth-order valence-electron chi connectivity index (χ4n) is 2.64. The quantitative estimate of drug-likeness (QED) is 0.818. The molecule has 1 atom stereocenters. The van der Waals surface area contributed by atoms with E-state index in [4.69, 9.17) is 4.74 Å². The van der Waals surface area contributed by atoms with E-state index in [1.165, 1.54) is 0 Å². The first-order valence-corrected chi connectivity index (χ1v) is 7.71. The minimum Gasteiger partial charge on any atom is -0.489 e. The molecule has 0 heterocycles. The van der Waals surface area contributed by atoms with Crippen molar-refractivity contribution in [2.45, 2.75) is 38.9 Å². The van der Waals surface area contributed by atoms with E-state index in [1.807, 2.05) is 44.2 Å². The van der Waals surface area contributed by atoms with E-state index in [0.29, 0.717) is 17.5 Å². The topological polar surface area (TPSA) is 66.8 Å². The molecule has 2 aromatic rings. The van der Waals surface area contributed by atoms with E-state index in [2.05, 4.69) is 0 Å². The molecule has 122 valence electrons. The van der Waals surface area contributed by atoms with Gasteiger partial charge in [0.25, 0.3) is 0 Å². The van der Waals surface area contributed by atoms with Crippen LogP contribution in [0.2, 0.25) is 0 Å². The molecule has 0 amide bonds. The molecule has 2 aromatic carbocycles. The van der Waals surface area contributed by atoms with E-state index in [-0.39, 0.29) is 13.0 Å². The van der Waals surface area contributed by atoms with Gasteiger partial charge in [0.05, 0.1) is 0 Å². The van der Waals surface area contributed by atoms with Gasteiger partial charge in [0.1, 0.15) is 12.4 Å². The molecule has 4 nitrogen and oxygen atoms in total. The van der Waals surface area contributed by atoms with E-state index in [0.717, 1.165) is 11.3 Å². The first-order chi connectivity index (χ1) is 11.0. The highest BCUT2D eigenvalue weighted by atomic mass is 16.5. The number of para-hydroxylation sites is 1. The summed E-state index contributed by atoms with van der Waals surface area (Å²) in [6.07, 6.45) is 0.722. The van der Waals surface area contributed by atoms with Crippen LogP contribution in [-0.2, 0) is 17.0 Å². The first kappa shape index (κ1) is 17.0. The molecular weight excluding hydrogens is 292 g/mol. The number of hydrogen-bond donors (Lipinski definition) is 2. The molecule has 0 radical (unpaired) electrons. The number of carboxylic acid groups (broad SMARTS) is 1. The van der Waals surface area contributed by atoms with Crippen LogP contribution in [0.15, 0.2) is 48.5 Å². The fourth-order valence-corrected chi connectivity index (χ4v) is 2.64. The highest BCUT2D eigenvalue weighted by Gasteiger charge is 2.38. The third-order valence-electron chi connectivity index (χ3n) is 3.91. The lowest BCUT2D eigenvalue weighted by Crippen LogP contribution is -2.36. The molecule has 0 bridgehead atoms. The number of benzene rings is 2. The predicted octanol–water partition coefficient (Wildman–Crippen LogP) is 3.65. The van der Waals surface area contributed by atoms with Crippen LogP contribution in [0, 0.1) is 6.92 Å². The number of rotatable bonds is 7. The van der Waals surface area contributed by atoms with Crippen LogP contribution < -0.4 is 4.74 Å². The maximum absolute atomic E-state index is 11.6. The second-order valence-electron chi connectivity index (χ2n) is 5.63. The van der Waals surface area contributed by atoms with Crippen molar-refractivity contribution in [3.8, 4) is 5.75 Å². The summed E-state index contributed by atoms with van der Waals surface area (Å²) in [6, 6.07) is 14.6. The van der Waals surface area contributed by atoms with Gasteiger partial charge in [0.2, 0.25) is 0 Å². The lowest BCUT2D eigenvalue weighted by atomic mass is 9.86. The Bertz CT molecular complexity index is 681. The predicted molar refractivity (Wildman–Crippen MR) is 88.4 cm³/mol. The number of hydrogen-bond acceptors (Lipinski definition) is 3. The third kappa shape index (κ3) is 3.71. The summed E-state index contributed by atoms with van der Waals surface area (Å²) < 4.78 is 5.81. The molecule has 1 unspecified atom stereocenters. The first-order valence-electron chi connectivity index (χ1n) is 7.71. The maximum Gasteiger partial charge on any atom is 0.340 e. The van der Waals surface area contributed by atoms with E-state index < -0.39 is 11.6 Å². The largest absolute Gasteiger partial charge is 0.489 e. The zero-order chi connectivity index (χ0) is 16.9. The van der Waals surface area contributed by atoms with Gasteiger partial charge in [0.15, 0.2) is 5.60 Å². The number of carboxylic acids is 1. The van der Waals surface area contributed by atoms with Crippen molar-refractivity contribution in [3.63, 3.8) is 0 Å². The molecule has 0 aromatic heterocycles. The monoisotopic (exact) mass is 314 g/mol. The zero-order valence-electron chi connectivity index (χ0n) is 13.5. The number of ether oxygens (including phenoxy) is 1. The van der Waals surface area contributed by atoms with Gasteiger partial charge in [-0.05, 0) is 30.5 Å². The van der Waals surface area contributed by atoms with E-state index in [9.17, 15) is 15.0 Å². The number of aryl methyl sites for hydroxylation is 1. The standard InChI is InChI=1S/C19H22O4/c1-3-12-19(22,18(20)21)16-10-6-5-9-15(16)13-23-17-11-7-4-8-14(17)2/h4-11,22H,3,12-13H2,1-2H3,(H,20,21). The Kier molecular flexibility index (Phi) is 5.40. The molecule has 4 heteroatoms. The fraction of sp³-hybridized carbons (Fsp3) is 0.316. The Hall–Kier alpha value is -2.33. The lowest BCUT2D eigenvalue weighted by Gasteiger charge is -2.26. The molecule has 0 aliphatic carbocycles. The van der Waals surface area contributed by atoms with Crippen LogP contribution >= 0.6 is 0 Å². The Labute approximate surface area is 136 Å². The van der Waals surface area contributed by atoms with Gasteiger partial charge in [-0.3, -0.25) is 0 Å². The van der Waals surface area contributed by atoms with Crippen LogP contribution in [0.25, 0.3) is 0 Å². The van der Waals surface area contributed by atoms with Crippen LogP contribution in [0.1, 0.15) is 36.5 Å². The lowest BCUT2D eigenvalue weighted by molar-refractivity contribution is -0.160. The molecule has 2 rings (SSSR count). The van der Waals surface area contributed by atoms with Crippen LogP contribution in [0.3, 0.4) is 0 Å². The van der Waals surface area contributed by atoms with Crippen molar-refractivity contribution in [2.24, 2.45) is 0 Å². The van der Waals surface area contributed by atoms with Gasteiger partial charge < -0.3 is 14.9 Å². The smallest absolute Gasteiger partial charge is 0.340 e. The number of aliphatic hydroxyl groups is 1. The van der Waals surface area contributed by atoms with Gasteiger partial charge in [-0.25, -0.2) is 4.79 Å². The van der Waals surface area contributed by atoms with Crippen LogP contribution in [0.5, 0.6) is 5.75 Å². The Balaban J connectivity index is 2.30. The average molecular weight is 314 g/mol. The van der Waals surface area contributed by atoms with Crippen molar-refractivity contribution in [1.29, 1.82) is 0 Å². The van der Waals surface area contributed by atoms with Gasteiger partial charge in [-0.2, -0.15) is 0 Å². The summed E-state index contributed by atoms with van der Waals surface area (Å²) in [5.74, 6) is -0.487. The van der Waals surface area contributed by atoms with Crippen molar-refractivity contribution >= 4 is 5.97 Å². The summed E-state index contributed by atoms with van der Waals surface area (Å²) >= 11 is 0. The highest BCUT2D eigenvalue weighted by Crippen LogP contribution is 2.30. The third-order valence-corrected chi connectivity index (χ3v) is 3.91. The molecule has 23 heavy (non-hydrogen) atoms. The molecule has 2 N–H and O–H groups in total. The Morgan fingerprint density at radius 2 is 1.78 bits per heavy atom. The summed E-state index contributed by atoms with van der Waals surface area (Å²) in [6.45, 7) is 4.01. The minimum absolute atomic E-state index is 0.156. The average Bonchev–Trinajstić information content (AvgIpc) is 2.54. The molecule has 0 aliphatic rings. The second kappa shape index (κ2) is 7.29. The van der Waals surface area contributed by atoms with E-state index in [1.54, 1.807) is 18.2 Å². The maximum atomic E-state index is 11.6. The van der Waals surface area contributed by atoms with Crippen molar-refractivity contribution in [1.82, 2.24) is 0 Å². The molecule has 0 saturated heterocycles. The van der Waals surface area contributed by atoms with Gasteiger partial charge in [-0.1, -0.05) is 55.8 Å². The van der Waals surface area contributed by atoms with Crippen LogP contribution in [-0.4, -0.2) is 16.2 Å². The van der Waals surface area contributed by atoms with Crippen molar-refractivity contribution < 1.29 is 19.7 Å². The van der Waals surface area contributed by atoms with Gasteiger partial charge in [-0.15, -0.1) is 0 Å². The summed E-state index contributed by atoms with van der Waals surface area (Å²) in [5, 5.41) is 20.1. The SMILES string of the molecule is CCCC(O)(C(=O)O)c1ccccc1COc1ccccc1C. The molecule has 0 fully saturated rings. The molecular formula is C19H22O4. The van der Waals surface area contributed by atoms with E-state index >= 15 is 0 Å². The van der Waals surface area contributed by atoms with Crippen molar-refractivity contribution in [2.75, 3.05) is 0 Å². The molecule has 0 spiro atoms. The number of carbonyl (C=O) groups is 1. The van der Waals surface area contributed by atoms with Crippen molar-refractivity contribution in [3.05, 3.63) is 65.2 Å². The number of aliphatic carboxylic acids is 1. The summed E-state index contributed by atoms with van der Waals surface area (Å²) in [5.41, 5.74) is 0.185. The summed E-state index contributed by atoms with van der Waals surface area (Å²) in [7, 11) is 0. The molecule has 0 saturated carbocycles. The van der Waals surface area contributed by atoms with Gasteiger partial charge in [0, 0.05) is 5.56 Å². The highest BCUT2D eigenvalue weighted by molar-refractivity contribution is 5.79. The van der Waals surface area contributed by atoms with Gasteiger partial charge >= 0.3 is 5.97 Å². The normalized spacial score (nSPS) is 13.3. The van der Waals surface area contributed by atoms with Crippen LogP contribution in [0.4, 0.5) is 0 Å². The minimum atomic E-state index is -1.89. The zero-order valence-corrected chi connectivity index (χ0v) is 13.5.